The first-order valence-corrected chi connectivity index (χ1v) is 27.2. The minimum atomic E-state index is -1.37. The van der Waals surface area contributed by atoms with Gasteiger partial charge in [0, 0.05) is 82.0 Å². The van der Waals surface area contributed by atoms with E-state index in [4.69, 9.17) is 25.2 Å². The third kappa shape index (κ3) is 15.1. The fourth-order valence-electron chi connectivity index (χ4n) is 10.8. The van der Waals surface area contributed by atoms with Crippen LogP contribution in [-0.2, 0) is 93.5 Å². The van der Waals surface area contributed by atoms with Crippen LogP contribution in [0.4, 0.5) is 5.69 Å². The first kappa shape index (κ1) is 60.2. The number of carboxylic acid groups (broad SMARTS) is 4. The molecule has 0 bridgehead atoms. The average Bonchev–Trinajstić information content (AvgIpc) is 1.75. The first-order chi connectivity index (χ1) is 41.4. The van der Waals surface area contributed by atoms with Gasteiger partial charge in [0.25, 0.3) is 12.9 Å². The third-order valence-corrected chi connectivity index (χ3v) is 14.4. The number of nitrogen functional groups attached to an aromatic ring is 1. The van der Waals surface area contributed by atoms with Gasteiger partial charge in [-0.25, -0.2) is 0 Å². The summed E-state index contributed by atoms with van der Waals surface area (Å²) in [6.07, 6.45) is 0.541. The van der Waals surface area contributed by atoms with Crippen LogP contribution in [0.5, 0.6) is 0 Å². The normalized spacial score (nSPS) is 11.5. The maximum atomic E-state index is 13.7. The minimum Gasteiger partial charge on any atom is -0.480 e. The van der Waals surface area contributed by atoms with Crippen LogP contribution < -0.4 is 5.73 Å². The molecule has 0 spiro atoms. The monoisotopic (exact) mass is 1170 g/mol. The number of amides is 1. The summed E-state index contributed by atoms with van der Waals surface area (Å²) < 4.78 is 13.8. The number of hydrogen-bond acceptors (Lipinski definition) is 16. The number of hydrogen-bond donors (Lipinski definition) is 5. The quantitative estimate of drug-likeness (QED) is 0.0176. The number of ketones is 1. The number of carbonyl (C=O) groups is 8. The van der Waals surface area contributed by atoms with Gasteiger partial charge >= 0.3 is 23.9 Å². The summed E-state index contributed by atoms with van der Waals surface area (Å²) in [5.41, 5.74) is 15.6. The average molecular weight is 1170 g/mol. The summed E-state index contributed by atoms with van der Waals surface area (Å²) in [5, 5.41) is 42.2. The van der Waals surface area contributed by atoms with Crippen molar-refractivity contribution in [3.63, 3.8) is 0 Å². The number of aliphatic carboxylic acids is 4. The maximum absolute atomic E-state index is 13.7. The molecule has 23 nitrogen and oxygen atoms in total. The molecule has 0 saturated heterocycles. The molecule has 9 aromatic rings. The van der Waals surface area contributed by atoms with Gasteiger partial charge in [-0.2, -0.15) is 0 Å². The number of carboxylic acids is 4. The van der Waals surface area contributed by atoms with Crippen molar-refractivity contribution >= 4 is 97.8 Å². The number of carbonyl (C=O) groups excluding carboxylic acids is 4. The zero-order valence-corrected chi connectivity index (χ0v) is 46.8. The van der Waals surface area contributed by atoms with E-state index in [1.54, 1.807) is 29.7 Å². The lowest BCUT2D eigenvalue weighted by Crippen LogP contribution is -2.41. The van der Waals surface area contributed by atoms with Crippen molar-refractivity contribution in [3.8, 4) is 22.3 Å². The standard InChI is InChI=1S/C63H61N9O14/c1-40(75)26-71-55-8-4-2-6-51(55)53-24-42(12-16-57(53)71)44-20-47(65-49(22-44)29-68(32-60(77)78)36-85-38-73)27-67(19-18-41-10-14-46(64)15-11-41)28-48-21-45(23-50(66-48)30-69(33-61(79)80)37-86-39-74)43-13-17-58-54(25-43)52-7-3-5-9-56(52)72(58)31-59(76)70(34-62(81)82)35-63(83)84/h2-17,20-25,38-39H,18-19,26-37,64H2,1H3,(H,77,78)(H,79,80)(H,81,82)(H,83,84). The molecule has 0 saturated carbocycles. The molecule has 1 amide bonds. The Morgan fingerprint density at radius 1 is 0.488 bits per heavy atom. The second kappa shape index (κ2) is 27.4. The molecular formula is C63H61N9O14. The number of para-hydroxylation sites is 2. The Labute approximate surface area is 491 Å². The SMILES string of the molecule is CC(=O)Cn1c2ccccc2c2cc(-c3cc(CN(COC=O)CC(=O)O)nc(CN(CCc4ccc(N)cc4)Cc4cc(-c5ccc6c(c5)c5ccccc5n6CC(=O)N(CC(=O)O)CC(=O)O)cc(CN(COC=O)CC(=O)O)n4)c3)ccc21. The number of Topliss-reactive ketones (excluding diaryl/α,β-unsaturated/α-hetero) is 1. The molecule has 0 fully saturated rings. The highest BCUT2D eigenvalue weighted by molar-refractivity contribution is 6.11. The second-order valence-electron chi connectivity index (χ2n) is 20.8. The van der Waals surface area contributed by atoms with Crippen LogP contribution in [0.2, 0.25) is 0 Å². The van der Waals surface area contributed by atoms with Crippen LogP contribution in [0, 0.1) is 0 Å². The van der Waals surface area contributed by atoms with Gasteiger partial charge in [0.1, 0.15) is 38.9 Å². The summed E-state index contributed by atoms with van der Waals surface area (Å²) >= 11 is 0. The van der Waals surface area contributed by atoms with E-state index in [0.29, 0.717) is 69.0 Å². The Morgan fingerprint density at radius 2 is 0.895 bits per heavy atom. The molecule has 5 aromatic carbocycles. The topological polar surface area (TPSA) is 311 Å². The first-order valence-electron chi connectivity index (χ1n) is 27.2. The summed E-state index contributed by atoms with van der Waals surface area (Å²) in [7, 11) is 0. The number of nitrogens with zero attached hydrogens (tertiary/aromatic N) is 8. The Kier molecular flexibility index (Phi) is 19.2. The number of ether oxygens (including phenoxy) is 2. The number of benzene rings is 5. The second-order valence-corrected chi connectivity index (χ2v) is 20.8. The largest absolute Gasteiger partial charge is 0.480 e. The van der Waals surface area contributed by atoms with E-state index in [1.807, 2.05) is 114 Å². The Hall–Kier alpha value is -10.4. The van der Waals surface area contributed by atoms with Gasteiger partial charge in [-0.15, -0.1) is 0 Å². The van der Waals surface area contributed by atoms with E-state index in [0.717, 1.165) is 48.8 Å². The molecule has 6 N–H and O–H groups in total. The Bertz CT molecular complexity index is 4030. The molecule has 4 aromatic heterocycles. The van der Waals surface area contributed by atoms with Gasteiger partial charge < -0.3 is 49.7 Å². The lowest BCUT2D eigenvalue weighted by atomic mass is 10.0. The molecule has 0 unspecified atom stereocenters. The summed E-state index contributed by atoms with van der Waals surface area (Å²) in [5.74, 6) is -5.77. The highest BCUT2D eigenvalue weighted by atomic mass is 16.5. The van der Waals surface area contributed by atoms with Gasteiger partial charge in [-0.05, 0) is 114 Å². The van der Waals surface area contributed by atoms with Crippen molar-refractivity contribution in [1.82, 2.24) is 38.7 Å². The van der Waals surface area contributed by atoms with Crippen LogP contribution in [0.25, 0.3) is 65.9 Å². The van der Waals surface area contributed by atoms with E-state index >= 15 is 0 Å². The van der Waals surface area contributed by atoms with Gasteiger partial charge in [0.2, 0.25) is 5.91 Å². The minimum absolute atomic E-state index is 0.00656. The van der Waals surface area contributed by atoms with Crippen molar-refractivity contribution in [2.45, 2.75) is 52.6 Å². The Balaban J connectivity index is 1.15. The van der Waals surface area contributed by atoms with Crippen LogP contribution in [0.3, 0.4) is 0 Å². The molecule has 4 heterocycles. The number of nitrogens with two attached hydrogens (primary N) is 1. The van der Waals surface area contributed by atoms with E-state index in [2.05, 4.69) is 11.0 Å². The molecule has 0 aliphatic heterocycles. The van der Waals surface area contributed by atoms with Gasteiger partial charge in [-0.3, -0.25) is 63.0 Å². The molecule has 0 aliphatic carbocycles. The third-order valence-electron chi connectivity index (χ3n) is 14.4. The molecule has 23 heteroatoms. The highest BCUT2D eigenvalue weighted by Gasteiger charge is 2.24. The van der Waals surface area contributed by atoms with Crippen molar-refractivity contribution in [2.75, 3.05) is 51.9 Å². The highest BCUT2D eigenvalue weighted by Crippen LogP contribution is 2.36. The number of pyridine rings is 2. The molecule has 9 rings (SSSR count). The summed E-state index contributed by atoms with van der Waals surface area (Å²) in [4.78, 5) is 113. The molecule has 0 aliphatic rings. The fraction of sp³-hybridized carbons (Fsp3) is 0.238. The van der Waals surface area contributed by atoms with Crippen molar-refractivity contribution in [3.05, 3.63) is 162 Å². The summed E-state index contributed by atoms with van der Waals surface area (Å²) in [6, 6.07) is 41.7. The number of anilines is 1. The number of fused-ring (bicyclic) bond motifs is 6. The lowest BCUT2D eigenvalue weighted by Gasteiger charge is -2.25. The molecule has 442 valence electrons. The van der Waals surface area contributed by atoms with Crippen LogP contribution >= 0.6 is 0 Å². The van der Waals surface area contributed by atoms with E-state index < -0.39 is 56.0 Å². The van der Waals surface area contributed by atoms with Crippen molar-refractivity contribution in [1.29, 1.82) is 0 Å². The Morgan fingerprint density at radius 3 is 1.31 bits per heavy atom. The van der Waals surface area contributed by atoms with Crippen LogP contribution in [0.1, 0.15) is 35.3 Å². The molecule has 86 heavy (non-hydrogen) atoms. The van der Waals surface area contributed by atoms with Crippen molar-refractivity contribution < 1.29 is 68.3 Å². The van der Waals surface area contributed by atoms with Crippen LogP contribution in [0.15, 0.2) is 133 Å². The zero-order chi connectivity index (χ0) is 61.0. The van der Waals surface area contributed by atoms with E-state index in [-0.39, 0.29) is 71.5 Å². The smallest absolute Gasteiger partial charge is 0.323 e. The maximum Gasteiger partial charge on any atom is 0.323 e. The molecule has 0 radical (unpaired) electrons. The van der Waals surface area contributed by atoms with Gasteiger partial charge in [0.15, 0.2) is 0 Å². The van der Waals surface area contributed by atoms with Crippen molar-refractivity contribution in [2.24, 2.45) is 0 Å². The predicted molar refractivity (Wildman–Crippen MR) is 317 cm³/mol. The predicted octanol–water partition coefficient (Wildman–Crippen LogP) is 6.47. The van der Waals surface area contributed by atoms with E-state index in [9.17, 15) is 58.8 Å². The lowest BCUT2D eigenvalue weighted by molar-refractivity contribution is -0.149. The van der Waals surface area contributed by atoms with Crippen LogP contribution in [-0.4, -0.2) is 154 Å². The molecule has 0 atom stereocenters. The fourth-order valence-corrected chi connectivity index (χ4v) is 10.8. The number of rotatable bonds is 31. The van der Waals surface area contributed by atoms with Gasteiger partial charge in [-0.1, -0.05) is 60.7 Å². The zero-order valence-electron chi connectivity index (χ0n) is 46.8. The number of aromatic nitrogens is 4. The summed E-state index contributed by atoms with van der Waals surface area (Å²) in [6.45, 7) is -0.676. The van der Waals surface area contributed by atoms with E-state index in [1.165, 1.54) is 9.80 Å². The molecular weight excluding hydrogens is 1110 g/mol. The van der Waals surface area contributed by atoms with Gasteiger partial charge in [0.05, 0.1) is 42.4 Å².